The number of furan rings is 1. The molecule has 0 unspecified atom stereocenters. The molecule has 0 saturated heterocycles. The average Bonchev–Trinajstić information content (AvgIpc) is 3.22. The summed E-state index contributed by atoms with van der Waals surface area (Å²) >= 11 is 0. The van der Waals surface area contributed by atoms with Crippen molar-refractivity contribution in [2.24, 2.45) is 0 Å². The smallest absolute Gasteiger partial charge is 0.165 e. The molecule has 0 atom stereocenters. The number of nitrogens with two attached hydrogens (primary N) is 2. The van der Waals surface area contributed by atoms with Gasteiger partial charge in [0.1, 0.15) is 23.1 Å². The zero-order chi connectivity index (χ0) is 19.0. The van der Waals surface area contributed by atoms with Crippen molar-refractivity contribution in [2.45, 2.75) is 0 Å². The normalized spacial score (nSPS) is 10.9. The summed E-state index contributed by atoms with van der Waals surface area (Å²) in [6.45, 7) is 0. The van der Waals surface area contributed by atoms with Crippen LogP contribution >= 0.6 is 0 Å². The number of ether oxygens (including phenoxy) is 2. The van der Waals surface area contributed by atoms with Crippen molar-refractivity contribution in [2.75, 3.05) is 25.7 Å². The largest absolute Gasteiger partial charge is 0.496 e. The summed E-state index contributed by atoms with van der Waals surface area (Å²) in [5.74, 6) is 2.67. The zero-order valence-electron chi connectivity index (χ0n) is 14.9. The molecule has 7 heteroatoms. The van der Waals surface area contributed by atoms with Crippen LogP contribution in [0.2, 0.25) is 0 Å². The molecule has 0 saturated carbocycles. The van der Waals surface area contributed by atoms with Gasteiger partial charge in [-0.1, -0.05) is 0 Å². The van der Waals surface area contributed by atoms with Crippen LogP contribution < -0.4 is 20.9 Å². The van der Waals surface area contributed by atoms with Gasteiger partial charge in [0.15, 0.2) is 5.82 Å². The van der Waals surface area contributed by atoms with Gasteiger partial charge in [-0.15, -0.1) is 0 Å². The van der Waals surface area contributed by atoms with Crippen LogP contribution in [0.1, 0.15) is 0 Å². The second-order valence-corrected chi connectivity index (χ2v) is 5.94. The molecule has 0 fully saturated rings. The van der Waals surface area contributed by atoms with Crippen molar-refractivity contribution in [3.8, 4) is 34.2 Å². The van der Waals surface area contributed by atoms with Crippen LogP contribution in [0.3, 0.4) is 0 Å². The Kier molecular flexibility index (Phi) is 4.04. The first-order valence-corrected chi connectivity index (χ1v) is 8.23. The Morgan fingerprint density at radius 3 is 2.44 bits per heavy atom. The van der Waals surface area contributed by atoms with E-state index in [-0.39, 0.29) is 0 Å². The Balaban J connectivity index is 1.93. The molecule has 0 amide bonds. The van der Waals surface area contributed by atoms with Gasteiger partial charge in [-0.2, -0.15) is 0 Å². The maximum Gasteiger partial charge on any atom is 0.165 e. The van der Waals surface area contributed by atoms with Crippen molar-refractivity contribution in [3.05, 3.63) is 48.7 Å². The Hall–Kier alpha value is -3.74. The minimum Gasteiger partial charge on any atom is -0.496 e. The van der Waals surface area contributed by atoms with Crippen LogP contribution in [0.15, 0.2) is 53.1 Å². The third kappa shape index (κ3) is 2.89. The van der Waals surface area contributed by atoms with Gasteiger partial charge in [0.05, 0.1) is 37.3 Å². The maximum atomic E-state index is 6.17. The SMILES string of the molecule is COc1cc2nc(-c3cc(-c4ccco4)ccc3OC)nc(N)c2cc1N. The molecule has 0 radical (unpaired) electrons. The number of nitrogen functional groups attached to an aromatic ring is 2. The van der Waals surface area contributed by atoms with E-state index in [0.717, 1.165) is 11.3 Å². The fourth-order valence-corrected chi connectivity index (χ4v) is 2.97. The third-order valence-corrected chi connectivity index (χ3v) is 4.32. The molecule has 0 aliphatic carbocycles. The zero-order valence-corrected chi connectivity index (χ0v) is 14.9. The first kappa shape index (κ1) is 16.7. The van der Waals surface area contributed by atoms with Crippen molar-refractivity contribution in [3.63, 3.8) is 0 Å². The quantitative estimate of drug-likeness (QED) is 0.532. The first-order valence-electron chi connectivity index (χ1n) is 8.23. The molecule has 0 aliphatic rings. The van der Waals surface area contributed by atoms with E-state index in [1.807, 2.05) is 30.3 Å². The predicted octanol–water partition coefficient (Wildman–Crippen LogP) is 3.74. The van der Waals surface area contributed by atoms with Gasteiger partial charge in [0, 0.05) is 17.0 Å². The highest BCUT2D eigenvalue weighted by Crippen LogP contribution is 2.36. The van der Waals surface area contributed by atoms with Crippen LogP contribution in [0.5, 0.6) is 11.5 Å². The minimum absolute atomic E-state index is 0.329. The molecule has 0 spiro atoms. The highest BCUT2D eigenvalue weighted by molar-refractivity contribution is 5.94. The van der Waals surface area contributed by atoms with Crippen molar-refractivity contribution < 1.29 is 13.9 Å². The fraction of sp³-hybridized carbons (Fsp3) is 0.100. The van der Waals surface area contributed by atoms with E-state index < -0.39 is 0 Å². The summed E-state index contributed by atoms with van der Waals surface area (Å²) in [4.78, 5) is 9.11. The number of rotatable bonds is 4. The van der Waals surface area contributed by atoms with E-state index in [0.29, 0.717) is 45.3 Å². The second kappa shape index (κ2) is 6.53. The fourth-order valence-electron chi connectivity index (χ4n) is 2.97. The minimum atomic E-state index is 0.329. The van der Waals surface area contributed by atoms with Crippen molar-refractivity contribution in [1.29, 1.82) is 0 Å². The van der Waals surface area contributed by atoms with Gasteiger partial charge < -0.3 is 25.4 Å². The Morgan fingerprint density at radius 2 is 1.74 bits per heavy atom. The monoisotopic (exact) mass is 362 g/mol. The number of anilines is 2. The highest BCUT2D eigenvalue weighted by Gasteiger charge is 2.15. The van der Waals surface area contributed by atoms with Crippen molar-refractivity contribution >= 4 is 22.4 Å². The number of fused-ring (bicyclic) bond motifs is 1. The Bertz CT molecular complexity index is 1120. The van der Waals surface area contributed by atoms with E-state index in [9.17, 15) is 0 Å². The topological polar surface area (TPSA) is 109 Å². The van der Waals surface area contributed by atoms with Crippen LogP contribution in [-0.2, 0) is 0 Å². The lowest BCUT2D eigenvalue weighted by Gasteiger charge is -2.12. The van der Waals surface area contributed by atoms with Gasteiger partial charge in [0.25, 0.3) is 0 Å². The number of aromatic nitrogens is 2. The molecule has 0 bridgehead atoms. The van der Waals surface area contributed by atoms with Gasteiger partial charge in [0.2, 0.25) is 0 Å². The molecule has 4 aromatic rings. The summed E-state index contributed by atoms with van der Waals surface area (Å²) < 4.78 is 16.3. The number of hydrogen-bond donors (Lipinski definition) is 2. The molecule has 2 heterocycles. The maximum absolute atomic E-state index is 6.17. The summed E-state index contributed by atoms with van der Waals surface area (Å²) in [5, 5.41) is 0.665. The molecular formula is C20H18N4O3. The second-order valence-electron chi connectivity index (χ2n) is 5.94. The highest BCUT2D eigenvalue weighted by atomic mass is 16.5. The predicted molar refractivity (Wildman–Crippen MR) is 105 cm³/mol. The van der Waals surface area contributed by atoms with Gasteiger partial charge >= 0.3 is 0 Å². The van der Waals surface area contributed by atoms with E-state index in [4.69, 9.17) is 25.4 Å². The number of benzene rings is 2. The molecule has 4 rings (SSSR count). The average molecular weight is 362 g/mol. The third-order valence-electron chi connectivity index (χ3n) is 4.32. The van der Waals surface area contributed by atoms with E-state index in [1.165, 1.54) is 0 Å². The first-order chi connectivity index (χ1) is 13.1. The summed E-state index contributed by atoms with van der Waals surface area (Å²) in [5.41, 5.74) is 14.8. The van der Waals surface area contributed by atoms with Gasteiger partial charge in [-0.3, -0.25) is 0 Å². The van der Waals surface area contributed by atoms with Gasteiger partial charge in [-0.05, 0) is 36.4 Å². The van der Waals surface area contributed by atoms with Crippen LogP contribution in [-0.4, -0.2) is 24.2 Å². The summed E-state index contributed by atoms with van der Waals surface area (Å²) in [6.07, 6.45) is 1.63. The molecule has 4 N–H and O–H groups in total. The molecule has 2 aromatic carbocycles. The van der Waals surface area contributed by atoms with E-state index in [1.54, 1.807) is 32.6 Å². The molecular weight excluding hydrogens is 344 g/mol. The lowest BCUT2D eigenvalue weighted by Crippen LogP contribution is -2.01. The number of hydrogen-bond acceptors (Lipinski definition) is 7. The Labute approximate surface area is 155 Å². The summed E-state index contributed by atoms with van der Waals surface area (Å²) in [7, 11) is 3.15. The summed E-state index contributed by atoms with van der Waals surface area (Å²) in [6, 6.07) is 12.8. The molecule has 27 heavy (non-hydrogen) atoms. The molecule has 7 nitrogen and oxygen atoms in total. The van der Waals surface area contributed by atoms with Crippen LogP contribution in [0.25, 0.3) is 33.6 Å². The van der Waals surface area contributed by atoms with Gasteiger partial charge in [-0.25, -0.2) is 9.97 Å². The number of nitrogens with zero attached hydrogens (tertiary/aromatic N) is 2. The standard InChI is InChI=1S/C20H18N4O3/c1-25-17-6-5-11(16-4-3-7-27-16)8-13(17)20-23-15-10-18(26-2)14(21)9-12(15)19(22)24-20/h3-10H,21H2,1-2H3,(H2,22,23,24). The van der Waals surface area contributed by atoms with Crippen LogP contribution in [0.4, 0.5) is 11.5 Å². The Morgan fingerprint density at radius 1 is 0.926 bits per heavy atom. The number of methoxy groups -OCH3 is 2. The lowest BCUT2D eigenvalue weighted by molar-refractivity contribution is 0.416. The van der Waals surface area contributed by atoms with E-state index >= 15 is 0 Å². The molecule has 136 valence electrons. The van der Waals surface area contributed by atoms with E-state index in [2.05, 4.69) is 9.97 Å². The van der Waals surface area contributed by atoms with Crippen molar-refractivity contribution in [1.82, 2.24) is 9.97 Å². The molecule has 0 aliphatic heterocycles. The molecule has 2 aromatic heterocycles. The lowest BCUT2D eigenvalue weighted by atomic mass is 10.1. The van der Waals surface area contributed by atoms with Crippen LogP contribution in [0, 0.1) is 0 Å².